The molecule has 0 saturated heterocycles. The highest BCUT2D eigenvalue weighted by molar-refractivity contribution is 9.10. The second-order valence-corrected chi connectivity index (χ2v) is 6.17. The molecule has 0 fully saturated rings. The maximum atomic E-state index is 12.1. The van der Waals surface area contributed by atoms with Crippen molar-refractivity contribution in [1.82, 2.24) is 4.98 Å². The van der Waals surface area contributed by atoms with Crippen LogP contribution >= 0.6 is 15.9 Å². The number of fused-ring (bicyclic) bond motifs is 1. The van der Waals surface area contributed by atoms with Gasteiger partial charge < -0.3 is 11.1 Å². The predicted molar refractivity (Wildman–Crippen MR) is 85.5 cm³/mol. The summed E-state index contributed by atoms with van der Waals surface area (Å²) in [6.45, 7) is 4.09. The van der Waals surface area contributed by atoms with E-state index in [9.17, 15) is 4.79 Å². The minimum absolute atomic E-state index is 0.170. The summed E-state index contributed by atoms with van der Waals surface area (Å²) in [6, 6.07) is 7.15. The third-order valence-electron chi connectivity index (χ3n) is 3.00. The molecule has 0 saturated carbocycles. The Balaban J connectivity index is 2.23. The van der Waals surface area contributed by atoms with E-state index in [2.05, 4.69) is 26.2 Å². The fraction of sp³-hybridized carbons (Fsp3) is 0.333. The van der Waals surface area contributed by atoms with Gasteiger partial charge in [0.25, 0.3) is 0 Å². The van der Waals surface area contributed by atoms with Crippen LogP contribution in [0, 0.1) is 5.92 Å². The number of carbonyl (C=O) groups excluding carboxylic acids is 1. The van der Waals surface area contributed by atoms with Gasteiger partial charge in [0.1, 0.15) is 0 Å². The first-order valence-corrected chi connectivity index (χ1v) is 7.37. The first-order valence-electron chi connectivity index (χ1n) is 6.58. The van der Waals surface area contributed by atoms with Gasteiger partial charge in [0.05, 0.1) is 17.2 Å². The van der Waals surface area contributed by atoms with Gasteiger partial charge >= 0.3 is 0 Å². The lowest BCUT2D eigenvalue weighted by Gasteiger charge is -2.15. The van der Waals surface area contributed by atoms with Crippen molar-refractivity contribution in [3.8, 4) is 0 Å². The molecule has 1 atom stereocenters. The molecule has 2 rings (SSSR count). The molecule has 0 spiro atoms. The fourth-order valence-electron chi connectivity index (χ4n) is 2.08. The second kappa shape index (κ2) is 6.33. The third kappa shape index (κ3) is 3.55. The summed E-state index contributed by atoms with van der Waals surface area (Å²) in [4.78, 5) is 16.4. The highest BCUT2D eigenvalue weighted by Gasteiger charge is 2.16. The summed E-state index contributed by atoms with van der Waals surface area (Å²) in [5.74, 6) is 0.216. The van der Waals surface area contributed by atoms with Gasteiger partial charge in [0, 0.05) is 16.1 Å². The molecule has 0 bridgehead atoms. The summed E-state index contributed by atoms with van der Waals surface area (Å²) in [5, 5.41) is 3.83. The van der Waals surface area contributed by atoms with E-state index in [1.54, 1.807) is 6.20 Å². The Morgan fingerprint density at radius 2 is 2.20 bits per heavy atom. The topological polar surface area (TPSA) is 68.0 Å². The van der Waals surface area contributed by atoms with E-state index in [0.29, 0.717) is 18.0 Å². The molecule has 1 aromatic heterocycles. The van der Waals surface area contributed by atoms with E-state index < -0.39 is 6.04 Å². The molecule has 5 heteroatoms. The molecule has 0 radical (unpaired) electrons. The monoisotopic (exact) mass is 335 g/mol. The highest BCUT2D eigenvalue weighted by atomic mass is 79.9. The molecule has 1 amide bonds. The molecule has 0 aliphatic heterocycles. The highest BCUT2D eigenvalue weighted by Crippen LogP contribution is 2.24. The molecule has 0 aliphatic carbocycles. The molecule has 0 unspecified atom stereocenters. The number of carbonyl (C=O) groups is 1. The Bertz CT molecular complexity index is 628. The number of nitrogens with zero attached hydrogens (tertiary/aromatic N) is 1. The lowest BCUT2D eigenvalue weighted by Crippen LogP contribution is -2.36. The Kier molecular flexibility index (Phi) is 4.73. The average Bonchev–Trinajstić information content (AvgIpc) is 2.37. The standard InChI is InChI=1S/C15H18BrN3O/c1-9(2)6-12(17)15(20)19-13-5-3-4-10-7-11(16)8-18-14(10)13/h3-5,7-9,12H,6,17H2,1-2H3,(H,19,20)/t12-/m1/s1. The van der Waals surface area contributed by atoms with Crippen molar-refractivity contribution in [2.45, 2.75) is 26.3 Å². The van der Waals surface area contributed by atoms with Crippen molar-refractivity contribution < 1.29 is 4.79 Å². The summed E-state index contributed by atoms with van der Waals surface area (Å²) < 4.78 is 0.907. The first kappa shape index (κ1) is 14.9. The van der Waals surface area contributed by atoms with Gasteiger partial charge in [0.2, 0.25) is 5.91 Å². The zero-order chi connectivity index (χ0) is 14.7. The minimum Gasteiger partial charge on any atom is -0.323 e. The maximum Gasteiger partial charge on any atom is 0.241 e. The van der Waals surface area contributed by atoms with Crippen LogP contribution in [0.1, 0.15) is 20.3 Å². The molecule has 1 heterocycles. The molecule has 2 aromatic rings. The molecule has 4 nitrogen and oxygen atoms in total. The van der Waals surface area contributed by atoms with E-state index in [1.165, 1.54) is 0 Å². The van der Waals surface area contributed by atoms with Crippen molar-refractivity contribution in [3.05, 3.63) is 34.9 Å². The number of anilines is 1. The first-order chi connectivity index (χ1) is 9.47. The number of nitrogens with two attached hydrogens (primary N) is 1. The van der Waals surface area contributed by atoms with Crippen LogP contribution < -0.4 is 11.1 Å². The van der Waals surface area contributed by atoms with Crippen LogP contribution in [0.2, 0.25) is 0 Å². The lowest BCUT2D eigenvalue weighted by molar-refractivity contribution is -0.117. The molecule has 20 heavy (non-hydrogen) atoms. The van der Waals surface area contributed by atoms with Crippen LogP contribution in [0.4, 0.5) is 5.69 Å². The van der Waals surface area contributed by atoms with E-state index in [4.69, 9.17) is 5.73 Å². The summed E-state index contributed by atoms with van der Waals surface area (Å²) in [7, 11) is 0. The van der Waals surface area contributed by atoms with Crippen molar-refractivity contribution in [1.29, 1.82) is 0 Å². The molecule has 1 aromatic carbocycles. The minimum atomic E-state index is -0.499. The Morgan fingerprint density at radius 1 is 1.45 bits per heavy atom. The van der Waals surface area contributed by atoms with Crippen molar-refractivity contribution in [2.24, 2.45) is 11.7 Å². The maximum absolute atomic E-state index is 12.1. The van der Waals surface area contributed by atoms with Gasteiger partial charge in [-0.2, -0.15) is 0 Å². The van der Waals surface area contributed by atoms with E-state index in [0.717, 1.165) is 15.4 Å². The Hall–Kier alpha value is -1.46. The van der Waals surface area contributed by atoms with E-state index >= 15 is 0 Å². The van der Waals surface area contributed by atoms with Crippen LogP contribution in [0.25, 0.3) is 10.9 Å². The number of amides is 1. The zero-order valence-electron chi connectivity index (χ0n) is 11.6. The van der Waals surface area contributed by atoms with Crippen LogP contribution in [-0.2, 0) is 4.79 Å². The third-order valence-corrected chi connectivity index (χ3v) is 3.43. The average molecular weight is 336 g/mol. The molecule has 3 N–H and O–H groups in total. The van der Waals surface area contributed by atoms with Crippen molar-refractivity contribution >= 4 is 38.4 Å². The lowest BCUT2D eigenvalue weighted by atomic mass is 10.0. The van der Waals surface area contributed by atoms with Gasteiger partial charge in [-0.15, -0.1) is 0 Å². The number of hydrogen-bond acceptors (Lipinski definition) is 3. The SMILES string of the molecule is CC(C)C[C@@H](N)C(=O)Nc1cccc2cc(Br)cnc12. The molecule has 0 aliphatic rings. The molecular weight excluding hydrogens is 318 g/mol. The van der Waals surface area contributed by atoms with E-state index in [-0.39, 0.29) is 5.91 Å². The van der Waals surface area contributed by atoms with Crippen LogP contribution in [-0.4, -0.2) is 16.9 Å². The number of para-hydroxylation sites is 1. The second-order valence-electron chi connectivity index (χ2n) is 5.26. The number of benzene rings is 1. The van der Waals surface area contributed by atoms with Gasteiger partial charge in [-0.05, 0) is 40.4 Å². The van der Waals surface area contributed by atoms with Gasteiger partial charge in [0.15, 0.2) is 0 Å². The van der Waals surface area contributed by atoms with Crippen LogP contribution in [0.5, 0.6) is 0 Å². The Labute approximate surface area is 126 Å². The van der Waals surface area contributed by atoms with Gasteiger partial charge in [-0.25, -0.2) is 0 Å². The van der Waals surface area contributed by atoms with E-state index in [1.807, 2.05) is 38.1 Å². The normalized spacial score (nSPS) is 12.7. The molecule has 106 valence electrons. The number of halogens is 1. The van der Waals surface area contributed by atoms with Crippen LogP contribution in [0.15, 0.2) is 34.9 Å². The van der Waals surface area contributed by atoms with Gasteiger partial charge in [-0.3, -0.25) is 9.78 Å². The Morgan fingerprint density at radius 3 is 2.90 bits per heavy atom. The summed E-state index contributed by atoms with van der Waals surface area (Å²) in [6.07, 6.45) is 2.38. The quantitative estimate of drug-likeness (QED) is 0.900. The number of pyridine rings is 1. The zero-order valence-corrected chi connectivity index (χ0v) is 13.1. The number of nitrogens with one attached hydrogen (secondary N) is 1. The van der Waals surface area contributed by atoms with Crippen molar-refractivity contribution in [3.63, 3.8) is 0 Å². The smallest absolute Gasteiger partial charge is 0.241 e. The number of hydrogen-bond donors (Lipinski definition) is 2. The number of rotatable bonds is 4. The largest absolute Gasteiger partial charge is 0.323 e. The molecular formula is C15H18BrN3O. The van der Waals surface area contributed by atoms with Gasteiger partial charge in [-0.1, -0.05) is 26.0 Å². The van der Waals surface area contributed by atoms with Crippen molar-refractivity contribution in [2.75, 3.05) is 5.32 Å². The van der Waals surface area contributed by atoms with Crippen LogP contribution in [0.3, 0.4) is 0 Å². The number of aromatic nitrogens is 1. The summed E-state index contributed by atoms with van der Waals surface area (Å²) >= 11 is 3.39. The fourth-order valence-corrected chi connectivity index (χ4v) is 2.42. The summed E-state index contributed by atoms with van der Waals surface area (Å²) in [5.41, 5.74) is 7.35. The predicted octanol–water partition coefficient (Wildman–Crippen LogP) is 3.31.